The Morgan fingerprint density at radius 3 is 1.88 bits per heavy atom. The van der Waals surface area contributed by atoms with E-state index in [1.165, 1.54) is 0 Å². The number of nitriles is 1. The number of nitrogens with zero attached hydrogens (tertiary/aromatic N) is 1. The van der Waals surface area contributed by atoms with Gasteiger partial charge in [-0.25, -0.2) is 4.18 Å². The molecule has 2 aliphatic rings. The van der Waals surface area contributed by atoms with E-state index in [2.05, 4.69) is 4.18 Å². The smallest absolute Gasteiger partial charge is 0.240 e. The van der Waals surface area contributed by atoms with E-state index in [-0.39, 0.29) is 0 Å². The SMILES string of the molecule is N#CC1(OS(=O)(=O)C(F)(F)F)C2CCC1CC2. The number of alkyl halides is 3. The van der Waals surface area contributed by atoms with Crippen LogP contribution >= 0.6 is 0 Å². The molecule has 0 aliphatic heterocycles. The van der Waals surface area contributed by atoms with Crippen LogP contribution < -0.4 is 0 Å². The minimum Gasteiger partial charge on any atom is -0.240 e. The maximum atomic E-state index is 12.2. The van der Waals surface area contributed by atoms with Crippen LogP contribution in [0.3, 0.4) is 0 Å². The molecule has 0 saturated heterocycles. The summed E-state index contributed by atoms with van der Waals surface area (Å²) in [6.45, 7) is 0. The van der Waals surface area contributed by atoms with Crippen molar-refractivity contribution in [3.05, 3.63) is 0 Å². The Morgan fingerprint density at radius 2 is 1.59 bits per heavy atom. The third kappa shape index (κ3) is 1.72. The molecule has 0 radical (unpaired) electrons. The summed E-state index contributed by atoms with van der Waals surface area (Å²) in [4.78, 5) is 0. The lowest BCUT2D eigenvalue weighted by Gasteiger charge is -2.26. The Balaban J connectivity index is 2.33. The highest BCUT2D eigenvalue weighted by Gasteiger charge is 2.62. The first kappa shape index (κ1) is 12.6. The first-order valence-electron chi connectivity index (χ1n) is 5.16. The number of hydrogen-bond donors (Lipinski definition) is 0. The van der Waals surface area contributed by atoms with Gasteiger partial charge in [-0.2, -0.15) is 26.9 Å². The monoisotopic (exact) mass is 269 g/mol. The predicted molar refractivity (Wildman–Crippen MR) is 49.9 cm³/mol. The molecule has 2 saturated carbocycles. The Bertz CT molecular complexity index is 445. The molecule has 17 heavy (non-hydrogen) atoms. The van der Waals surface area contributed by atoms with Crippen molar-refractivity contribution in [3.63, 3.8) is 0 Å². The first-order valence-corrected chi connectivity index (χ1v) is 6.57. The standard InChI is InChI=1S/C9H10F3NO3S/c10-9(11,12)17(14,15)16-8(5-13)6-1-2-7(8)4-3-6/h6-7H,1-4H2. The molecular formula is C9H10F3NO3S. The maximum absolute atomic E-state index is 12.2. The highest BCUT2D eigenvalue weighted by atomic mass is 32.2. The van der Waals surface area contributed by atoms with Gasteiger partial charge in [0, 0.05) is 11.8 Å². The molecule has 2 aliphatic carbocycles. The minimum atomic E-state index is -5.70. The van der Waals surface area contributed by atoms with Crippen molar-refractivity contribution in [2.75, 3.05) is 0 Å². The van der Waals surface area contributed by atoms with Crippen molar-refractivity contribution in [3.8, 4) is 6.07 Å². The second kappa shape index (κ2) is 3.59. The van der Waals surface area contributed by atoms with Gasteiger partial charge >= 0.3 is 15.6 Å². The van der Waals surface area contributed by atoms with E-state index in [9.17, 15) is 21.6 Å². The van der Waals surface area contributed by atoms with Gasteiger partial charge in [0.05, 0.1) is 6.07 Å². The van der Waals surface area contributed by atoms with E-state index in [1.807, 2.05) is 0 Å². The van der Waals surface area contributed by atoms with Crippen LogP contribution in [-0.2, 0) is 14.3 Å². The van der Waals surface area contributed by atoms with Crippen molar-refractivity contribution in [1.29, 1.82) is 5.26 Å². The van der Waals surface area contributed by atoms with E-state index in [0.29, 0.717) is 25.7 Å². The quantitative estimate of drug-likeness (QED) is 0.567. The first-order chi connectivity index (χ1) is 7.73. The fourth-order valence-corrected chi connectivity index (χ4v) is 3.62. The van der Waals surface area contributed by atoms with E-state index >= 15 is 0 Å². The molecule has 0 spiro atoms. The Morgan fingerprint density at radius 1 is 1.18 bits per heavy atom. The molecule has 0 heterocycles. The number of fused-ring (bicyclic) bond motifs is 2. The van der Waals surface area contributed by atoms with Crippen molar-refractivity contribution in [1.82, 2.24) is 0 Å². The van der Waals surface area contributed by atoms with Crippen LogP contribution in [0.1, 0.15) is 25.7 Å². The van der Waals surface area contributed by atoms with E-state index in [4.69, 9.17) is 5.26 Å². The van der Waals surface area contributed by atoms with Gasteiger partial charge in [-0.15, -0.1) is 0 Å². The zero-order valence-corrected chi connectivity index (χ0v) is 9.51. The van der Waals surface area contributed by atoms with Crippen molar-refractivity contribution in [2.24, 2.45) is 11.8 Å². The fraction of sp³-hybridized carbons (Fsp3) is 0.889. The zero-order valence-electron chi connectivity index (χ0n) is 8.70. The third-order valence-corrected chi connectivity index (χ3v) is 4.71. The normalized spacial score (nSPS) is 37.1. The van der Waals surface area contributed by atoms with Gasteiger partial charge in [0.25, 0.3) is 0 Å². The van der Waals surface area contributed by atoms with Gasteiger partial charge < -0.3 is 0 Å². The Kier molecular flexibility index (Phi) is 2.67. The summed E-state index contributed by atoms with van der Waals surface area (Å²) in [5.74, 6) is -0.816. The highest BCUT2D eigenvalue weighted by Crippen LogP contribution is 2.55. The van der Waals surface area contributed by atoms with Crippen molar-refractivity contribution >= 4 is 10.1 Å². The molecule has 0 atom stereocenters. The second-order valence-electron chi connectivity index (χ2n) is 4.44. The summed E-state index contributed by atoms with van der Waals surface area (Å²) >= 11 is 0. The molecule has 0 unspecified atom stereocenters. The van der Waals surface area contributed by atoms with Gasteiger partial charge in [0.2, 0.25) is 0 Å². The summed E-state index contributed by atoms with van der Waals surface area (Å²) < 4.78 is 63.0. The summed E-state index contributed by atoms with van der Waals surface area (Å²) in [5, 5.41) is 9.02. The van der Waals surface area contributed by atoms with Crippen LogP contribution in [0.25, 0.3) is 0 Å². The summed E-state index contributed by atoms with van der Waals surface area (Å²) in [5.41, 5.74) is -7.27. The maximum Gasteiger partial charge on any atom is 0.523 e. The molecule has 0 aromatic carbocycles. The van der Waals surface area contributed by atoms with Gasteiger partial charge in [-0.05, 0) is 25.7 Å². The second-order valence-corrected chi connectivity index (χ2v) is 5.97. The average Bonchev–Trinajstić information content (AvgIpc) is 2.71. The van der Waals surface area contributed by atoms with E-state index < -0.39 is 33.1 Å². The Labute approximate surface area is 96.5 Å². The van der Waals surface area contributed by atoms with E-state index in [1.54, 1.807) is 6.07 Å². The van der Waals surface area contributed by atoms with Gasteiger partial charge in [-0.1, -0.05) is 0 Å². The molecule has 0 N–H and O–H groups in total. The molecule has 2 bridgehead atoms. The molecule has 2 rings (SSSR count). The molecule has 4 nitrogen and oxygen atoms in total. The van der Waals surface area contributed by atoms with Crippen molar-refractivity contribution in [2.45, 2.75) is 36.8 Å². The van der Waals surface area contributed by atoms with Gasteiger partial charge in [0.15, 0.2) is 5.60 Å². The summed E-state index contributed by atoms with van der Waals surface area (Å²) in [6.07, 6.45) is 2.19. The van der Waals surface area contributed by atoms with E-state index in [0.717, 1.165) is 0 Å². The van der Waals surface area contributed by atoms with Crippen LogP contribution in [0.2, 0.25) is 0 Å². The lowest BCUT2D eigenvalue weighted by Crippen LogP contribution is -2.42. The molecule has 96 valence electrons. The molecule has 0 aromatic heterocycles. The van der Waals surface area contributed by atoms with Gasteiger partial charge in [0.1, 0.15) is 0 Å². The molecule has 0 amide bonds. The molecule has 0 aromatic rings. The average molecular weight is 269 g/mol. The van der Waals surface area contributed by atoms with Crippen LogP contribution in [0.5, 0.6) is 0 Å². The molecular weight excluding hydrogens is 259 g/mol. The van der Waals surface area contributed by atoms with Crippen LogP contribution in [0, 0.1) is 23.2 Å². The van der Waals surface area contributed by atoms with Crippen LogP contribution in [0.15, 0.2) is 0 Å². The number of hydrogen-bond acceptors (Lipinski definition) is 4. The molecule has 8 heteroatoms. The van der Waals surface area contributed by atoms with Crippen molar-refractivity contribution < 1.29 is 25.8 Å². The summed E-state index contributed by atoms with van der Waals surface area (Å²) in [6, 6.07) is 1.67. The topological polar surface area (TPSA) is 67.2 Å². The van der Waals surface area contributed by atoms with Gasteiger partial charge in [-0.3, -0.25) is 0 Å². The third-order valence-electron chi connectivity index (χ3n) is 3.65. The summed E-state index contributed by atoms with van der Waals surface area (Å²) in [7, 11) is -5.70. The lowest BCUT2D eigenvalue weighted by molar-refractivity contribution is -0.0643. The Hall–Kier alpha value is -0.810. The minimum absolute atomic E-state index is 0.408. The largest absolute Gasteiger partial charge is 0.523 e. The molecule has 2 fully saturated rings. The highest BCUT2D eigenvalue weighted by molar-refractivity contribution is 7.87. The predicted octanol–water partition coefficient (Wildman–Crippen LogP) is 1.93. The van der Waals surface area contributed by atoms with Crippen LogP contribution in [0.4, 0.5) is 13.2 Å². The fourth-order valence-electron chi connectivity index (χ4n) is 2.85. The number of halogens is 3. The number of rotatable bonds is 2. The van der Waals surface area contributed by atoms with Crippen LogP contribution in [-0.4, -0.2) is 19.5 Å². The zero-order chi connectivity index (χ0) is 12.9. The lowest BCUT2D eigenvalue weighted by atomic mass is 9.94.